The molecule has 56 valence electrons. The fourth-order valence-corrected chi connectivity index (χ4v) is 3.72. The molecule has 2 nitrogen and oxygen atoms in total. The number of allylic oxidation sites excluding steroid dienone is 2. The minimum absolute atomic E-state index is 0.382. The van der Waals surface area contributed by atoms with Gasteiger partial charge in [0.25, 0.3) is 0 Å². The molecule has 1 rings (SSSR count). The van der Waals surface area contributed by atoms with Crippen LogP contribution in [-0.2, 0) is 4.79 Å². The van der Waals surface area contributed by atoms with Crippen LogP contribution in [0.1, 0.15) is 0 Å². The molecule has 0 aromatic rings. The highest BCUT2D eigenvalue weighted by atomic mass is 79.9. The Morgan fingerprint density at radius 1 is 1.60 bits per heavy atom. The highest BCUT2D eigenvalue weighted by molar-refractivity contribution is 9.92. The van der Waals surface area contributed by atoms with Crippen molar-refractivity contribution in [3.8, 4) is 0 Å². The first-order valence-electron chi connectivity index (χ1n) is 2.38. The highest BCUT2D eigenvalue weighted by Crippen LogP contribution is 2.72. The number of carboxylic acid groups (broad SMARTS) is 1. The maximum absolute atomic E-state index is 10.5. The molecule has 0 amide bonds. The molecule has 5 heteroatoms. The lowest BCUT2D eigenvalue weighted by Gasteiger charge is -2.17. The van der Waals surface area contributed by atoms with Crippen molar-refractivity contribution in [2.75, 3.05) is 0 Å². The number of carboxylic acids is 1. The third-order valence-corrected chi connectivity index (χ3v) is 5.78. The Morgan fingerprint density at radius 3 is 2.40 bits per heavy atom. The largest absolute Gasteiger partial charge is 0.477 e. The molecule has 1 aliphatic rings. The van der Waals surface area contributed by atoms with Gasteiger partial charge in [-0.05, 0) is 41.1 Å². The maximum Gasteiger partial charge on any atom is 0.342 e. The van der Waals surface area contributed by atoms with Crippen LogP contribution < -0.4 is 0 Å². The standard InChI is InChI=1S/C5H4Br2O2S/c6-10(7)3-1-2-4(10)5(8)9/h1-3H,(H,8,9). The van der Waals surface area contributed by atoms with Crippen LogP contribution in [0.25, 0.3) is 0 Å². The second-order valence-corrected chi connectivity index (χ2v) is 12.1. The van der Waals surface area contributed by atoms with Crippen molar-refractivity contribution in [2.45, 2.75) is 0 Å². The van der Waals surface area contributed by atoms with Crippen molar-refractivity contribution in [2.24, 2.45) is 0 Å². The third-order valence-electron chi connectivity index (χ3n) is 1.00. The number of halogens is 2. The van der Waals surface area contributed by atoms with E-state index in [2.05, 4.69) is 29.6 Å². The third kappa shape index (κ3) is 1.46. The molecule has 0 bridgehead atoms. The van der Waals surface area contributed by atoms with E-state index in [1.165, 1.54) is 0 Å². The van der Waals surface area contributed by atoms with Gasteiger partial charge in [0.05, 0.1) is 4.91 Å². The molecule has 0 radical (unpaired) electrons. The summed E-state index contributed by atoms with van der Waals surface area (Å²) in [5, 5.41) is 10.4. The zero-order valence-electron chi connectivity index (χ0n) is 4.75. The van der Waals surface area contributed by atoms with E-state index >= 15 is 0 Å². The maximum atomic E-state index is 10.5. The molecule has 0 saturated carbocycles. The molecule has 0 unspecified atom stereocenters. The molecular formula is C5H4Br2O2S. The van der Waals surface area contributed by atoms with Crippen LogP contribution in [0.2, 0.25) is 0 Å². The van der Waals surface area contributed by atoms with Gasteiger partial charge in [-0.25, -0.2) is 4.79 Å². The molecule has 0 atom stereocenters. The lowest BCUT2D eigenvalue weighted by Crippen LogP contribution is -1.98. The molecule has 0 aromatic carbocycles. The summed E-state index contributed by atoms with van der Waals surface area (Å²) in [6, 6.07) is 0. The van der Waals surface area contributed by atoms with Gasteiger partial charge in [0.1, 0.15) is 0 Å². The van der Waals surface area contributed by atoms with Crippen LogP contribution in [-0.4, -0.2) is 11.1 Å². The van der Waals surface area contributed by atoms with Crippen LogP contribution in [0, 0.1) is 0 Å². The molecule has 1 N–H and O–H groups in total. The lowest BCUT2D eigenvalue weighted by molar-refractivity contribution is -0.131. The van der Waals surface area contributed by atoms with Crippen molar-refractivity contribution in [3.05, 3.63) is 22.5 Å². The van der Waals surface area contributed by atoms with Gasteiger partial charge in [-0.15, -0.1) is 0 Å². The number of rotatable bonds is 1. The Balaban J connectivity index is 2.93. The predicted molar refractivity (Wildman–Crippen MR) is 50.3 cm³/mol. The first-order valence-corrected chi connectivity index (χ1v) is 7.76. The Hall–Kier alpha value is 0.260. The van der Waals surface area contributed by atoms with Crippen LogP contribution in [0.3, 0.4) is 0 Å². The predicted octanol–water partition coefficient (Wildman–Crippen LogP) is 2.91. The average Bonchev–Trinajstić information content (AvgIpc) is 2.08. The van der Waals surface area contributed by atoms with Crippen LogP contribution in [0.5, 0.6) is 0 Å². The zero-order valence-corrected chi connectivity index (χ0v) is 8.74. The molecule has 0 aliphatic carbocycles. The van der Waals surface area contributed by atoms with Crippen LogP contribution in [0.15, 0.2) is 22.5 Å². The zero-order chi connectivity index (χ0) is 7.78. The van der Waals surface area contributed by atoms with E-state index < -0.39 is 12.9 Å². The Kier molecular flexibility index (Phi) is 2.27. The van der Waals surface area contributed by atoms with Gasteiger partial charge >= 0.3 is 5.97 Å². The van der Waals surface area contributed by atoms with E-state index in [9.17, 15) is 4.79 Å². The van der Waals surface area contributed by atoms with Crippen molar-refractivity contribution in [3.63, 3.8) is 0 Å². The quantitative estimate of drug-likeness (QED) is 0.805. The average molecular weight is 288 g/mol. The van der Waals surface area contributed by atoms with Gasteiger partial charge in [0.2, 0.25) is 0 Å². The highest BCUT2D eigenvalue weighted by Gasteiger charge is 2.27. The van der Waals surface area contributed by atoms with Gasteiger partial charge in [-0.3, -0.25) is 0 Å². The molecule has 0 spiro atoms. The summed E-state index contributed by atoms with van der Waals surface area (Å²) in [5.41, 5.74) is 0. The summed E-state index contributed by atoms with van der Waals surface area (Å²) < 4.78 is 0. The van der Waals surface area contributed by atoms with Gasteiger partial charge in [-0.2, -0.15) is 0 Å². The Labute approximate surface area is 74.7 Å². The molecule has 0 aromatic heterocycles. The summed E-state index contributed by atoms with van der Waals surface area (Å²) in [6.07, 6.45) is 3.31. The summed E-state index contributed by atoms with van der Waals surface area (Å²) in [5.74, 6) is -0.881. The van der Waals surface area contributed by atoms with E-state index in [-0.39, 0.29) is 0 Å². The fraction of sp³-hybridized carbons (Fsp3) is 0. The first kappa shape index (κ1) is 8.36. The number of aliphatic carboxylic acids is 1. The minimum atomic E-state index is -1.48. The van der Waals surface area contributed by atoms with Crippen LogP contribution >= 0.6 is 36.5 Å². The van der Waals surface area contributed by atoms with E-state index in [0.29, 0.717) is 4.91 Å². The lowest BCUT2D eigenvalue weighted by atomic mass is 10.5. The fourth-order valence-electron chi connectivity index (χ4n) is 0.577. The second-order valence-electron chi connectivity index (χ2n) is 1.67. The second kappa shape index (κ2) is 2.71. The molecule has 10 heavy (non-hydrogen) atoms. The van der Waals surface area contributed by atoms with Gasteiger partial charge in [-0.1, -0.05) is 13.0 Å². The van der Waals surface area contributed by atoms with E-state index in [4.69, 9.17) is 5.11 Å². The van der Waals surface area contributed by atoms with E-state index in [1.807, 2.05) is 0 Å². The van der Waals surface area contributed by atoms with E-state index in [1.54, 1.807) is 17.6 Å². The number of carbonyl (C=O) groups is 1. The van der Waals surface area contributed by atoms with Crippen molar-refractivity contribution in [1.29, 1.82) is 0 Å². The van der Waals surface area contributed by atoms with Gasteiger partial charge in [0, 0.05) is 0 Å². The summed E-state index contributed by atoms with van der Waals surface area (Å²) in [7, 11) is 0. The number of hydrogen-bond acceptors (Lipinski definition) is 1. The molecule has 1 heterocycles. The topological polar surface area (TPSA) is 37.3 Å². The normalized spacial score (nSPS) is 24.0. The van der Waals surface area contributed by atoms with Crippen LogP contribution in [0.4, 0.5) is 0 Å². The SMILES string of the molecule is O=C(O)C1=CC=CS1(Br)Br. The molecule has 0 saturated heterocycles. The summed E-state index contributed by atoms with van der Waals surface area (Å²) in [4.78, 5) is 10.9. The monoisotopic (exact) mass is 286 g/mol. The molecule has 0 fully saturated rings. The minimum Gasteiger partial charge on any atom is -0.477 e. The van der Waals surface area contributed by atoms with Crippen molar-refractivity contribution >= 4 is 42.5 Å². The molecule has 1 aliphatic heterocycles. The Morgan fingerprint density at radius 2 is 2.20 bits per heavy atom. The number of hydrogen-bond donors (Lipinski definition) is 1. The summed E-state index contributed by atoms with van der Waals surface area (Å²) in [6.45, 7) is -1.48. The summed E-state index contributed by atoms with van der Waals surface area (Å²) >= 11 is 6.55. The van der Waals surface area contributed by atoms with Gasteiger partial charge in [0.15, 0.2) is 0 Å². The Bertz CT molecular complexity index is 232. The van der Waals surface area contributed by atoms with Gasteiger partial charge < -0.3 is 5.11 Å². The van der Waals surface area contributed by atoms with E-state index in [0.717, 1.165) is 0 Å². The van der Waals surface area contributed by atoms with Crippen molar-refractivity contribution < 1.29 is 9.90 Å². The van der Waals surface area contributed by atoms with Crippen molar-refractivity contribution in [1.82, 2.24) is 0 Å². The molecular weight excluding hydrogens is 284 g/mol. The first-order chi connectivity index (χ1) is 4.54. The smallest absolute Gasteiger partial charge is 0.342 e.